The highest BCUT2D eigenvalue weighted by Gasteiger charge is 2.07. The molecule has 2 unspecified atom stereocenters. The first-order valence-corrected chi connectivity index (χ1v) is 6.33. The second-order valence-corrected chi connectivity index (χ2v) is 4.40. The van der Waals surface area contributed by atoms with Crippen molar-refractivity contribution in [2.45, 2.75) is 19.1 Å². The van der Waals surface area contributed by atoms with Gasteiger partial charge in [0.1, 0.15) is 24.2 Å². The van der Waals surface area contributed by atoms with Gasteiger partial charge < -0.3 is 24.6 Å². The monoisotopic (exact) mass is 269 g/mol. The predicted molar refractivity (Wildman–Crippen MR) is 73.8 cm³/mol. The van der Waals surface area contributed by atoms with Crippen LogP contribution in [0.1, 0.15) is 6.92 Å². The Balaban J connectivity index is 2.23. The molecule has 0 saturated carbocycles. The molecule has 0 radical (unpaired) electrons. The first kappa shape index (κ1) is 15.8. The van der Waals surface area contributed by atoms with Crippen molar-refractivity contribution in [1.29, 1.82) is 0 Å². The summed E-state index contributed by atoms with van der Waals surface area (Å²) in [5.74, 6) is 1.49. The Labute approximate surface area is 114 Å². The second-order valence-electron chi connectivity index (χ2n) is 4.40. The highest BCUT2D eigenvalue weighted by molar-refractivity contribution is 5.31. The number of hydrogen-bond acceptors (Lipinski definition) is 5. The summed E-state index contributed by atoms with van der Waals surface area (Å²) in [6.45, 7) is 3.34. The van der Waals surface area contributed by atoms with E-state index in [4.69, 9.17) is 14.2 Å². The van der Waals surface area contributed by atoms with Gasteiger partial charge in [-0.15, -0.1) is 0 Å². The molecule has 2 N–H and O–H groups in total. The number of aliphatic hydroxyl groups excluding tert-OH is 1. The third-order valence-corrected chi connectivity index (χ3v) is 2.62. The molecule has 108 valence electrons. The summed E-state index contributed by atoms with van der Waals surface area (Å²) >= 11 is 0. The molecule has 0 heterocycles. The average Bonchev–Trinajstić information content (AvgIpc) is 2.44. The molecule has 1 rings (SSSR count). The van der Waals surface area contributed by atoms with Crippen LogP contribution < -0.4 is 14.8 Å². The molecule has 5 nitrogen and oxygen atoms in total. The summed E-state index contributed by atoms with van der Waals surface area (Å²) in [5.41, 5.74) is 0. The minimum absolute atomic E-state index is 0.209. The van der Waals surface area contributed by atoms with Crippen LogP contribution in [0.4, 0.5) is 0 Å². The van der Waals surface area contributed by atoms with E-state index in [0.29, 0.717) is 18.9 Å². The van der Waals surface area contributed by atoms with E-state index in [-0.39, 0.29) is 12.6 Å². The minimum atomic E-state index is -0.554. The molecule has 0 saturated heterocycles. The van der Waals surface area contributed by atoms with E-state index in [0.717, 1.165) is 5.75 Å². The van der Waals surface area contributed by atoms with Gasteiger partial charge in [0, 0.05) is 19.7 Å². The molecule has 0 bridgehead atoms. The number of benzene rings is 1. The summed E-state index contributed by atoms with van der Waals surface area (Å²) in [4.78, 5) is 0. The lowest BCUT2D eigenvalue weighted by atomic mass is 10.3. The zero-order valence-corrected chi connectivity index (χ0v) is 11.8. The molecule has 0 aliphatic rings. The normalized spacial score (nSPS) is 13.9. The lowest BCUT2D eigenvalue weighted by Gasteiger charge is -2.17. The van der Waals surface area contributed by atoms with Crippen molar-refractivity contribution < 1.29 is 19.3 Å². The summed E-state index contributed by atoms with van der Waals surface area (Å²) < 4.78 is 15.5. The van der Waals surface area contributed by atoms with E-state index in [9.17, 15) is 5.11 Å². The van der Waals surface area contributed by atoms with Crippen LogP contribution in [0.25, 0.3) is 0 Å². The van der Waals surface area contributed by atoms with Crippen LogP contribution >= 0.6 is 0 Å². The van der Waals surface area contributed by atoms with Gasteiger partial charge in [-0.05, 0) is 31.2 Å². The van der Waals surface area contributed by atoms with Crippen LogP contribution in [0.15, 0.2) is 24.3 Å². The zero-order valence-electron chi connectivity index (χ0n) is 11.8. The summed E-state index contributed by atoms with van der Waals surface area (Å²) in [5, 5.41) is 12.9. The maximum atomic E-state index is 9.78. The Morgan fingerprint density at radius 1 is 1.11 bits per heavy atom. The SMILES string of the molecule is COCC(C)NCC(O)COc1ccc(OC)cc1. The average molecular weight is 269 g/mol. The minimum Gasteiger partial charge on any atom is -0.497 e. The van der Waals surface area contributed by atoms with Gasteiger partial charge >= 0.3 is 0 Å². The number of nitrogens with one attached hydrogen (secondary N) is 1. The molecule has 0 fully saturated rings. The van der Waals surface area contributed by atoms with Crippen molar-refractivity contribution in [2.24, 2.45) is 0 Å². The highest BCUT2D eigenvalue weighted by Crippen LogP contribution is 2.16. The van der Waals surface area contributed by atoms with Gasteiger partial charge in [0.05, 0.1) is 13.7 Å². The maximum absolute atomic E-state index is 9.78. The molecule has 0 spiro atoms. The van der Waals surface area contributed by atoms with E-state index in [1.165, 1.54) is 0 Å². The molecule has 0 aliphatic carbocycles. The quantitative estimate of drug-likeness (QED) is 0.702. The van der Waals surface area contributed by atoms with Gasteiger partial charge in [0.25, 0.3) is 0 Å². The van der Waals surface area contributed by atoms with E-state index >= 15 is 0 Å². The Morgan fingerprint density at radius 2 is 1.74 bits per heavy atom. The Kier molecular flexibility index (Phi) is 7.25. The van der Waals surface area contributed by atoms with Crippen LogP contribution in [0, 0.1) is 0 Å². The summed E-state index contributed by atoms with van der Waals surface area (Å²) in [6.07, 6.45) is -0.554. The van der Waals surface area contributed by atoms with Crippen LogP contribution in [0.2, 0.25) is 0 Å². The molecule has 1 aromatic rings. The fourth-order valence-electron chi connectivity index (χ4n) is 1.57. The fraction of sp³-hybridized carbons (Fsp3) is 0.571. The van der Waals surface area contributed by atoms with E-state index in [1.54, 1.807) is 14.2 Å². The molecule has 5 heteroatoms. The van der Waals surface area contributed by atoms with Gasteiger partial charge in [0.15, 0.2) is 0 Å². The van der Waals surface area contributed by atoms with Gasteiger partial charge in [0.2, 0.25) is 0 Å². The highest BCUT2D eigenvalue weighted by atomic mass is 16.5. The fourth-order valence-corrected chi connectivity index (χ4v) is 1.57. The zero-order chi connectivity index (χ0) is 14.1. The van der Waals surface area contributed by atoms with Gasteiger partial charge in [-0.3, -0.25) is 0 Å². The van der Waals surface area contributed by atoms with Crippen molar-refractivity contribution in [2.75, 3.05) is 34.0 Å². The van der Waals surface area contributed by atoms with E-state index < -0.39 is 6.10 Å². The Hall–Kier alpha value is -1.30. The first-order valence-electron chi connectivity index (χ1n) is 6.33. The number of rotatable bonds is 9. The molecule has 0 aliphatic heterocycles. The Bertz CT molecular complexity index is 342. The van der Waals surface area contributed by atoms with Crippen LogP contribution in [-0.4, -0.2) is 51.2 Å². The first-order chi connectivity index (χ1) is 9.15. The van der Waals surface area contributed by atoms with E-state index in [1.807, 2.05) is 31.2 Å². The molecular weight excluding hydrogens is 246 g/mol. The largest absolute Gasteiger partial charge is 0.497 e. The van der Waals surface area contributed by atoms with Crippen molar-refractivity contribution in [3.63, 3.8) is 0 Å². The maximum Gasteiger partial charge on any atom is 0.119 e. The number of aliphatic hydroxyl groups is 1. The standard InChI is InChI=1S/C14H23NO4/c1-11(9-17-2)15-8-12(16)10-19-14-6-4-13(18-3)5-7-14/h4-7,11-12,15-16H,8-10H2,1-3H3. The van der Waals surface area contributed by atoms with Crippen molar-refractivity contribution in [3.05, 3.63) is 24.3 Å². The van der Waals surface area contributed by atoms with Crippen molar-refractivity contribution >= 4 is 0 Å². The lowest BCUT2D eigenvalue weighted by molar-refractivity contribution is 0.0973. The molecule has 0 amide bonds. The Morgan fingerprint density at radius 3 is 2.32 bits per heavy atom. The van der Waals surface area contributed by atoms with Crippen LogP contribution in [0.3, 0.4) is 0 Å². The van der Waals surface area contributed by atoms with Crippen LogP contribution in [-0.2, 0) is 4.74 Å². The summed E-state index contributed by atoms with van der Waals surface area (Å²) in [7, 11) is 3.27. The third kappa shape index (κ3) is 6.42. The number of ether oxygens (including phenoxy) is 3. The van der Waals surface area contributed by atoms with Gasteiger partial charge in [-0.25, -0.2) is 0 Å². The lowest BCUT2D eigenvalue weighted by Crippen LogP contribution is -2.38. The molecule has 19 heavy (non-hydrogen) atoms. The molecular formula is C14H23NO4. The van der Waals surface area contributed by atoms with E-state index in [2.05, 4.69) is 5.32 Å². The van der Waals surface area contributed by atoms with Gasteiger partial charge in [-0.1, -0.05) is 0 Å². The number of methoxy groups -OCH3 is 2. The topological polar surface area (TPSA) is 60.0 Å². The smallest absolute Gasteiger partial charge is 0.119 e. The van der Waals surface area contributed by atoms with Crippen molar-refractivity contribution in [3.8, 4) is 11.5 Å². The number of hydrogen-bond donors (Lipinski definition) is 2. The second kappa shape index (κ2) is 8.74. The van der Waals surface area contributed by atoms with Gasteiger partial charge in [-0.2, -0.15) is 0 Å². The third-order valence-electron chi connectivity index (χ3n) is 2.62. The van der Waals surface area contributed by atoms with Crippen LogP contribution in [0.5, 0.6) is 11.5 Å². The molecule has 0 aromatic heterocycles. The molecule has 1 aromatic carbocycles. The molecule has 2 atom stereocenters. The predicted octanol–water partition coefficient (Wildman–Crippen LogP) is 1.06. The summed E-state index contributed by atoms with van der Waals surface area (Å²) in [6, 6.07) is 7.47. The van der Waals surface area contributed by atoms with Crippen molar-refractivity contribution in [1.82, 2.24) is 5.32 Å².